The Morgan fingerprint density at radius 1 is 1.45 bits per heavy atom. The molecule has 0 bridgehead atoms. The van der Waals surface area contributed by atoms with E-state index in [1.54, 1.807) is 0 Å². The maximum absolute atomic E-state index is 5.35. The molecule has 0 fully saturated rings. The summed E-state index contributed by atoms with van der Waals surface area (Å²) >= 11 is 4.68. The molecule has 0 saturated heterocycles. The lowest BCUT2D eigenvalue weighted by atomic mass is 10.1. The highest BCUT2D eigenvalue weighted by atomic mass is 32.1. The quantitative estimate of drug-likeness (QED) is 0.646. The standard InChI is InChI=1S/C8H17NOS/c1-6(2)4-7(3)10-5-8(9)11/h6-7H,4-5H2,1-3H3,(H2,9,11). The molecule has 3 heteroatoms. The molecule has 0 aromatic carbocycles. The van der Waals surface area contributed by atoms with Crippen LogP contribution in [0.3, 0.4) is 0 Å². The normalized spacial score (nSPS) is 13.5. The lowest BCUT2D eigenvalue weighted by Crippen LogP contribution is -2.21. The fourth-order valence-corrected chi connectivity index (χ4v) is 1.02. The lowest BCUT2D eigenvalue weighted by molar-refractivity contribution is 0.0800. The molecule has 0 amide bonds. The van der Waals surface area contributed by atoms with Crippen LogP contribution in [0.2, 0.25) is 0 Å². The molecule has 0 aromatic rings. The van der Waals surface area contributed by atoms with Gasteiger partial charge in [-0.2, -0.15) is 0 Å². The van der Waals surface area contributed by atoms with E-state index in [-0.39, 0.29) is 6.10 Å². The molecule has 0 heterocycles. The van der Waals surface area contributed by atoms with Crippen LogP contribution in [0, 0.1) is 5.92 Å². The summed E-state index contributed by atoms with van der Waals surface area (Å²) in [6, 6.07) is 0. The highest BCUT2D eigenvalue weighted by Crippen LogP contribution is 2.06. The van der Waals surface area contributed by atoms with Gasteiger partial charge in [0.05, 0.1) is 17.7 Å². The topological polar surface area (TPSA) is 35.2 Å². The van der Waals surface area contributed by atoms with E-state index in [0.717, 1.165) is 6.42 Å². The number of rotatable bonds is 5. The van der Waals surface area contributed by atoms with Gasteiger partial charge in [-0.05, 0) is 19.3 Å². The van der Waals surface area contributed by atoms with E-state index in [1.807, 2.05) is 6.92 Å². The Bertz CT molecular complexity index is 125. The van der Waals surface area contributed by atoms with E-state index >= 15 is 0 Å². The van der Waals surface area contributed by atoms with Gasteiger partial charge in [-0.15, -0.1) is 0 Å². The van der Waals surface area contributed by atoms with Gasteiger partial charge < -0.3 is 10.5 Å². The van der Waals surface area contributed by atoms with Crippen molar-refractivity contribution < 1.29 is 4.74 Å². The molecule has 0 spiro atoms. The van der Waals surface area contributed by atoms with Crippen LogP contribution in [0.5, 0.6) is 0 Å². The van der Waals surface area contributed by atoms with Crippen molar-refractivity contribution in [1.29, 1.82) is 0 Å². The van der Waals surface area contributed by atoms with Crippen molar-refractivity contribution in [1.82, 2.24) is 0 Å². The average molecular weight is 175 g/mol. The highest BCUT2D eigenvalue weighted by Gasteiger charge is 2.04. The number of nitrogens with two attached hydrogens (primary N) is 1. The first kappa shape index (κ1) is 10.8. The first-order valence-corrected chi connectivity index (χ1v) is 4.33. The number of thiocarbonyl (C=S) groups is 1. The van der Waals surface area contributed by atoms with Crippen LogP contribution < -0.4 is 5.73 Å². The summed E-state index contributed by atoms with van der Waals surface area (Å²) in [7, 11) is 0. The molecule has 0 aliphatic carbocycles. The number of hydrogen-bond acceptors (Lipinski definition) is 2. The van der Waals surface area contributed by atoms with Crippen molar-refractivity contribution in [3.8, 4) is 0 Å². The van der Waals surface area contributed by atoms with E-state index in [1.165, 1.54) is 0 Å². The van der Waals surface area contributed by atoms with Crippen LogP contribution in [0.4, 0.5) is 0 Å². The minimum Gasteiger partial charge on any atom is -0.391 e. The van der Waals surface area contributed by atoms with E-state index in [2.05, 4.69) is 26.1 Å². The third kappa shape index (κ3) is 7.75. The fourth-order valence-electron chi connectivity index (χ4n) is 0.956. The Labute approximate surface area is 74.1 Å². The third-order valence-corrected chi connectivity index (χ3v) is 1.43. The number of hydrogen-bond donors (Lipinski definition) is 1. The van der Waals surface area contributed by atoms with Crippen LogP contribution in [0.25, 0.3) is 0 Å². The molecule has 2 nitrogen and oxygen atoms in total. The summed E-state index contributed by atoms with van der Waals surface area (Å²) in [5.74, 6) is 0.663. The second-order valence-corrected chi connectivity index (χ2v) is 3.74. The minimum atomic E-state index is 0.261. The zero-order valence-electron chi connectivity index (χ0n) is 7.46. The summed E-state index contributed by atoms with van der Waals surface area (Å²) in [6.45, 7) is 6.78. The molecule has 0 radical (unpaired) electrons. The van der Waals surface area contributed by atoms with Gasteiger partial charge in [0.15, 0.2) is 0 Å². The Balaban J connectivity index is 3.37. The zero-order valence-corrected chi connectivity index (χ0v) is 8.28. The van der Waals surface area contributed by atoms with Gasteiger partial charge in [0.1, 0.15) is 0 Å². The van der Waals surface area contributed by atoms with Crippen molar-refractivity contribution in [2.75, 3.05) is 6.61 Å². The van der Waals surface area contributed by atoms with E-state index < -0.39 is 0 Å². The molecular formula is C8H17NOS. The van der Waals surface area contributed by atoms with Gasteiger partial charge in [0, 0.05) is 0 Å². The van der Waals surface area contributed by atoms with E-state index in [0.29, 0.717) is 17.5 Å². The predicted octanol–water partition coefficient (Wildman–Crippen LogP) is 1.72. The zero-order chi connectivity index (χ0) is 8.85. The summed E-state index contributed by atoms with van der Waals surface area (Å²) in [5, 5.41) is 0. The van der Waals surface area contributed by atoms with Crippen LogP contribution in [-0.2, 0) is 4.74 Å². The first-order chi connectivity index (χ1) is 5.02. The van der Waals surface area contributed by atoms with E-state index in [9.17, 15) is 0 Å². The molecule has 0 saturated carbocycles. The molecule has 0 aliphatic rings. The smallest absolute Gasteiger partial charge is 0.0989 e. The Hall–Kier alpha value is -0.150. The van der Waals surface area contributed by atoms with Crippen LogP contribution in [0.15, 0.2) is 0 Å². The maximum atomic E-state index is 5.35. The van der Waals surface area contributed by atoms with Crippen molar-refractivity contribution in [3.63, 3.8) is 0 Å². The van der Waals surface area contributed by atoms with Crippen LogP contribution in [0.1, 0.15) is 27.2 Å². The highest BCUT2D eigenvalue weighted by molar-refractivity contribution is 7.80. The SMILES string of the molecule is CC(C)CC(C)OCC(N)=S. The van der Waals surface area contributed by atoms with Crippen molar-refractivity contribution >= 4 is 17.2 Å². The first-order valence-electron chi connectivity index (χ1n) is 3.92. The molecule has 1 atom stereocenters. The van der Waals surface area contributed by atoms with Gasteiger partial charge in [0.2, 0.25) is 0 Å². The van der Waals surface area contributed by atoms with Gasteiger partial charge in [0.25, 0.3) is 0 Å². The minimum absolute atomic E-state index is 0.261. The molecule has 0 aromatic heterocycles. The van der Waals surface area contributed by atoms with Gasteiger partial charge in [-0.3, -0.25) is 0 Å². The van der Waals surface area contributed by atoms with Gasteiger partial charge in [-0.1, -0.05) is 26.1 Å². The largest absolute Gasteiger partial charge is 0.391 e. The van der Waals surface area contributed by atoms with Crippen LogP contribution in [-0.4, -0.2) is 17.7 Å². The summed E-state index contributed by atoms with van der Waals surface area (Å²) in [5.41, 5.74) is 5.28. The lowest BCUT2D eigenvalue weighted by Gasteiger charge is -2.14. The van der Waals surface area contributed by atoms with Gasteiger partial charge in [-0.25, -0.2) is 0 Å². The Kier molecular flexibility index (Phi) is 5.42. The summed E-state index contributed by atoms with van der Waals surface area (Å²) in [6.07, 6.45) is 1.32. The third-order valence-electron chi connectivity index (χ3n) is 1.31. The molecular weight excluding hydrogens is 158 g/mol. The van der Waals surface area contributed by atoms with Gasteiger partial charge >= 0.3 is 0 Å². The maximum Gasteiger partial charge on any atom is 0.0989 e. The molecule has 66 valence electrons. The number of ether oxygens (including phenoxy) is 1. The summed E-state index contributed by atoms with van der Waals surface area (Å²) in [4.78, 5) is 0.431. The average Bonchev–Trinajstić information content (AvgIpc) is 1.82. The van der Waals surface area contributed by atoms with Crippen molar-refractivity contribution in [3.05, 3.63) is 0 Å². The van der Waals surface area contributed by atoms with Crippen molar-refractivity contribution in [2.24, 2.45) is 11.7 Å². The Morgan fingerprint density at radius 3 is 2.36 bits per heavy atom. The van der Waals surface area contributed by atoms with Crippen LogP contribution >= 0.6 is 12.2 Å². The monoisotopic (exact) mass is 175 g/mol. The second kappa shape index (κ2) is 5.49. The fraction of sp³-hybridized carbons (Fsp3) is 0.875. The van der Waals surface area contributed by atoms with Crippen molar-refractivity contribution in [2.45, 2.75) is 33.3 Å². The Morgan fingerprint density at radius 2 is 2.00 bits per heavy atom. The van der Waals surface area contributed by atoms with E-state index in [4.69, 9.17) is 10.5 Å². The molecule has 2 N–H and O–H groups in total. The molecule has 11 heavy (non-hydrogen) atoms. The molecule has 0 aliphatic heterocycles. The summed E-state index contributed by atoms with van der Waals surface area (Å²) < 4.78 is 5.35. The molecule has 1 unspecified atom stereocenters. The second-order valence-electron chi connectivity index (χ2n) is 3.22. The predicted molar refractivity (Wildman–Crippen MR) is 51.7 cm³/mol. The molecule has 0 rings (SSSR count).